The summed E-state index contributed by atoms with van der Waals surface area (Å²) >= 11 is 6.30. The summed E-state index contributed by atoms with van der Waals surface area (Å²) in [7, 11) is 0. The van der Waals surface area contributed by atoms with E-state index in [1.165, 1.54) is 25.7 Å². The molecule has 156 valence electrons. The van der Waals surface area contributed by atoms with Crippen molar-refractivity contribution in [2.45, 2.75) is 57.7 Å². The summed E-state index contributed by atoms with van der Waals surface area (Å²) in [5, 5.41) is 12.4. The van der Waals surface area contributed by atoms with Crippen LogP contribution in [0.1, 0.15) is 50.8 Å². The van der Waals surface area contributed by atoms with E-state index in [2.05, 4.69) is 44.4 Å². The molecule has 0 radical (unpaired) electrons. The number of aliphatic imine (C=N–C) groups is 1. The molecule has 0 aromatic carbocycles. The quantitative estimate of drug-likeness (QED) is 0.559. The minimum atomic E-state index is 0.307. The first-order valence-electron chi connectivity index (χ1n) is 10.7. The molecule has 1 saturated heterocycles. The number of rotatable bonds is 6. The van der Waals surface area contributed by atoms with Crippen molar-refractivity contribution in [3.05, 3.63) is 41.3 Å². The van der Waals surface area contributed by atoms with E-state index in [9.17, 15) is 0 Å². The lowest BCUT2D eigenvalue weighted by molar-refractivity contribution is 0.463. The Labute approximate surface area is 177 Å². The van der Waals surface area contributed by atoms with Gasteiger partial charge < -0.3 is 15.5 Å². The molecule has 8 heteroatoms. The van der Waals surface area contributed by atoms with Crippen LogP contribution in [0.2, 0.25) is 5.02 Å². The van der Waals surface area contributed by atoms with Crippen molar-refractivity contribution in [2.75, 3.05) is 24.5 Å². The van der Waals surface area contributed by atoms with Gasteiger partial charge in [0.25, 0.3) is 0 Å². The Morgan fingerprint density at radius 3 is 2.93 bits per heavy atom. The number of pyridine rings is 1. The van der Waals surface area contributed by atoms with E-state index >= 15 is 0 Å². The van der Waals surface area contributed by atoms with E-state index in [1.54, 1.807) is 6.20 Å². The fraction of sp³-hybridized carbons (Fsp3) is 0.571. The minimum absolute atomic E-state index is 0.307. The molecule has 2 fully saturated rings. The predicted molar refractivity (Wildman–Crippen MR) is 118 cm³/mol. The van der Waals surface area contributed by atoms with Gasteiger partial charge in [0.2, 0.25) is 0 Å². The molecule has 2 aromatic heterocycles. The van der Waals surface area contributed by atoms with Crippen molar-refractivity contribution in [2.24, 2.45) is 4.99 Å². The highest BCUT2D eigenvalue weighted by atomic mass is 35.5. The first-order chi connectivity index (χ1) is 14.2. The Morgan fingerprint density at radius 1 is 1.28 bits per heavy atom. The summed E-state index contributed by atoms with van der Waals surface area (Å²) in [5.74, 6) is 1.69. The zero-order chi connectivity index (χ0) is 20.1. The molecule has 0 amide bonds. The van der Waals surface area contributed by atoms with Crippen molar-refractivity contribution in [3.63, 3.8) is 0 Å². The van der Waals surface area contributed by atoms with Crippen LogP contribution in [0.25, 0.3) is 0 Å². The van der Waals surface area contributed by atoms with Crippen LogP contribution in [0.4, 0.5) is 5.82 Å². The van der Waals surface area contributed by atoms with E-state index in [0.29, 0.717) is 23.7 Å². The molecule has 0 spiro atoms. The van der Waals surface area contributed by atoms with Crippen LogP contribution in [-0.4, -0.2) is 46.4 Å². The first kappa shape index (κ1) is 20.0. The molecular weight excluding hydrogens is 386 g/mol. The maximum atomic E-state index is 6.30. The molecule has 3 heterocycles. The maximum absolute atomic E-state index is 6.30. The number of aromatic nitrogens is 3. The van der Waals surface area contributed by atoms with Crippen LogP contribution in [0, 0.1) is 0 Å². The number of halogens is 1. The third-order valence-electron chi connectivity index (χ3n) is 5.67. The molecule has 29 heavy (non-hydrogen) atoms. The Bertz CT molecular complexity index is 828. The average Bonchev–Trinajstić information content (AvgIpc) is 3.48. The molecule has 1 atom stereocenters. The van der Waals surface area contributed by atoms with Crippen LogP contribution in [0.15, 0.2) is 35.6 Å². The fourth-order valence-corrected chi connectivity index (χ4v) is 4.43. The summed E-state index contributed by atoms with van der Waals surface area (Å²) in [4.78, 5) is 11.4. The van der Waals surface area contributed by atoms with Gasteiger partial charge in [-0.3, -0.25) is 4.68 Å². The third-order valence-corrected chi connectivity index (χ3v) is 5.97. The van der Waals surface area contributed by atoms with Gasteiger partial charge in [-0.1, -0.05) is 24.4 Å². The fourth-order valence-electron chi connectivity index (χ4n) is 4.19. The van der Waals surface area contributed by atoms with Gasteiger partial charge in [0.05, 0.1) is 23.3 Å². The summed E-state index contributed by atoms with van der Waals surface area (Å²) in [6.45, 7) is 5.28. The van der Waals surface area contributed by atoms with E-state index in [0.717, 1.165) is 43.5 Å². The lowest BCUT2D eigenvalue weighted by Gasteiger charge is -2.20. The van der Waals surface area contributed by atoms with Gasteiger partial charge in [-0.05, 0) is 44.4 Å². The average molecular weight is 416 g/mol. The van der Waals surface area contributed by atoms with E-state index in [1.807, 2.05) is 12.1 Å². The van der Waals surface area contributed by atoms with Crippen molar-refractivity contribution < 1.29 is 0 Å². The van der Waals surface area contributed by atoms with E-state index < -0.39 is 0 Å². The number of hydrogen-bond donors (Lipinski definition) is 2. The highest BCUT2D eigenvalue weighted by Crippen LogP contribution is 2.29. The van der Waals surface area contributed by atoms with Crippen LogP contribution in [-0.2, 0) is 6.54 Å². The number of anilines is 1. The topological polar surface area (TPSA) is 70.4 Å². The SMILES string of the molecule is CCNC(=NCc1ccn(C2CCCC2)n1)NC1CCN(c2ncccc2Cl)C1. The molecule has 7 nitrogen and oxygen atoms in total. The molecule has 1 aliphatic carbocycles. The second kappa shape index (κ2) is 9.48. The molecule has 1 unspecified atom stereocenters. The predicted octanol–water partition coefficient (Wildman–Crippen LogP) is 3.38. The lowest BCUT2D eigenvalue weighted by Crippen LogP contribution is -2.44. The zero-order valence-electron chi connectivity index (χ0n) is 17.0. The normalized spacial score (nSPS) is 20.4. The number of nitrogens with one attached hydrogen (secondary N) is 2. The first-order valence-corrected chi connectivity index (χ1v) is 11.0. The standard InChI is InChI=1S/C21H30ClN7/c1-2-23-21(25-14-16-10-13-29(27-16)18-6-3-4-7-18)26-17-9-12-28(15-17)20-19(22)8-5-11-24-20/h5,8,10-11,13,17-18H,2-4,6-7,9,12,14-15H2,1H3,(H2,23,25,26). The molecule has 0 bridgehead atoms. The van der Waals surface area contributed by atoms with Gasteiger partial charge >= 0.3 is 0 Å². The molecule has 4 rings (SSSR count). The third kappa shape index (κ3) is 5.01. The maximum Gasteiger partial charge on any atom is 0.191 e. The molecule has 2 aliphatic rings. The Balaban J connectivity index is 1.35. The molecule has 2 N–H and O–H groups in total. The van der Waals surface area contributed by atoms with E-state index in [4.69, 9.17) is 21.7 Å². The van der Waals surface area contributed by atoms with Crippen LogP contribution in [0.3, 0.4) is 0 Å². The Kier molecular flexibility index (Phi) is 6.54. The van der Waals surface area contributed by atoms with Gasteiger partial charge in [0.1, 0.15) is 5.82 Å². The van der Waals surface area contributed by atoms with Gasteiger partial charge in [0, 0.05) is 38.1 Å². The molecule has 2 aromatic rings. The largest absolute Gasteiger partial charge is 0.357 e. The lowest BCUT2D eigenvalue weighted by atomic mass is 10.3. The van der Waals surface area contributed by atoms with Crippen LogP contribution < -0.4 is 15.5 Å². The summed E-state index contributed by atoms with van der Waals surface area (Å²) in [6, 6.07) is 6.72. The number of nitrogens with zero attached hydrogens (tertiary/aromatic N) is 5. The second-order valence-corrected chi connectivity index (χ2v) is 8.21. The molecular formula is C21H30ClN7. The minimum Gasteiger partial charge on any atom is -0.357 e. The Hall–Kier alpha value is -2.28. The highest BCUT2D eigenvalue weighted by molar-refractivity contribution is 6.32. The summed E-state index contributed by atoms with van der Waals surface area (Å²) in [5.41, 5.74) is 1.02. The van der Waals surface area contributed by atoms with Crippen molar-refractivity contribution in [1.82, 2.24) is 25.4 Å². The van der Waals surface area contributed by atoms with Crippen molar-refractivity contribution in [1.29, 1.82) is 0 Å². The molecule has 1 saturated carbocycles. The Morgan fingerprint density at radius 2 is 2.14 bits per heavy atom. The summed E-state index contributed by atoms with van der Waals surface area (Å²) < 4.78 is 2.13. The highest BCUT2D eigenvalue weighted by Gasteiger charge is 2.25. The molecule has 1 aliphatic heterocycles. The van der Waals surface area contributed by atoms with Gasteiger partial charge in [-0.25, -0.2) is 9.98 Å². The van der Waals surface area contributed by atoms with Crippen LogP contribution in [0.5, 0.6) is 0 Å². The van der Waals surface area contributed by atoms with Crippen LogP contribution >= 0.6 is 11.6 Å². The van der Waals surface area contributed by atoms with E-state index in [-0.39, 0.29) is 0 Å². The van der Waals surface area contributed by atoms with Gasteiger partial charge in [-0.15, -0.1) is 0 Å². The van der Waals surface area contributed by atoms with Crippen molar-refractivity contribution >= 4 is 23.4 Å². The zero-order valence-corrected chi connectivity index (χ0v) is 17.8. The van der Waals surface area contributed by atoms with Gasteiger partial charge in [0.15, 0.2) is 5.96 Å². The van der Waals surface area contributed by atoms with Gasteiger partial charge in [-0.2, -0.15) is 5.10 Å². The smallest absolute Gasteiger partial charge is 0.191 e. The van der Waals surface area contributed by atoms with Crippen molar-refractivity contribution in [3.8, 4) is 0 Å². The number of hydrogen-bond acceptors (Lipinski definition) is 4. The monoisotopic (exact) mass is 415 g/mol. The summed E-state index contributed by atoms with van der Waals surface area (Å²) in [6.07, 6.45) is 10.0. The second-order valence-electron chi connectivity index (χ2n) is 7.81. The number of guanidine groups is 1.